The number of hydrogen-bond donors (Lipinski definition) is 0. The summed E-state index contributed by atoms with van der Waals surface area (Å²) in [4.78, 5) is 32.6. The summed E-state index contributed by atoms with van der Waals surface area (Å²) in [5.41, 5.74) is 1.03. The number of carbonyl (C=O) groups excluding carboxylic acids is 2. The van der Waals surface area contributed by atoms with E-state index >= 15 is 0 Å². The van der Waals surface area contributed by atoms with Gasteiger partial charge in [-0.1, -0.05) is 17.4 Å². The maximum Gasteiger partial charge on any atom is 0.337 e. The molecule has 0 radical (unpaired) electrons. The molecule has 3 rings (SSSR count). The first kappa shape index (κ1) is 22.7. The van der Waals surface area contributed by atoms with Crippen LogP contribution in [0.25, 0.3) is 10.2 Å². The molecule has 3 aromatic rings. The molecule has 0 unspecified atom stereocenters. The minimum atomic E-state index is -0.467. The number of amides is 1. The molecule has 154 valence electrons. The van der Waals surface area contributed by atoms with Crippen LogP contribution in [0.2, 0.25) is 0 Å². The highest BCUT2D eigenvalue weighted by Gasteiger charge is 2.22. The number of fused-ring (bicyclic) bond motifs is 1. The number of halogens is 2. The van der Waals surface area contributed by atoms with Crippen LogP contribution in [0.15, 0.2) is 42.5 Å². The van der Waals surface area contributed by atoms with Gasteiger partial charge in [-0.05, 0) is 50.5 Å². The largest absolute Gasteiger partial charge is 0.465 e. The zero-order valence-corrected chi connectivity index (χ0v) is 17.8. The lowest BCUT2D eigenvalue weighted by atomic mass is 10.1. The average molecular weight is 438 g/mol. The molecular formula is C20H21ClFN3O3S. The summed E-state index contributed by atoms with van der Waals surface area (Å²) in [6.07, 6.45) is 0. The van der Waals surface area contributed by atoms with Crippen LogP contribution >= 0.6 is 23.7 Å². The Morgan fingerprint density at radius 2 is 1.72 bits per heavy atom. The molecule has 0 saturated carbocycles. The van der Waals surface area contributed by atoms with Crippen LogP contribution in [-0.4, -0.2) is 56.1 Å². The van der Waals surface area contributed by atoms with Crippen molar-refractivity contribution in [1.29, 1.82) is 0 Å². The number of aromatic nitrogens is 1. The summed E-state index contributed by atoms with van der Waals surface area (Å²) >= 11 is 1.27. The van der Waals surface area contributed by atoms with Crippen LogP contribution in [0.3, 0.4) is 0 Å². The molecule has 29 heavy (non-hydrogen) atoms. The number of thiazole rings is 1. The molecule has 0 saturated heterocycles. The monoisotopic (exact) mass is 437 g/mol. The first-order valence-electron chi connectivity index (χ1n) is 8.60. The second kappa shape index (κ2) is 9.78. The zero-order valence-electron chi connectivity index (χ0n) is 16.2. The van der Waals surface area contributed by atoms with Gasteiger partial charge in [0.15, 0.2) is 5.13 Å². The minimum absolute atomic E-state index is 0. The molecule has 1 heterocycles. The van der Waals surface area contributed by atoms with Gasteiger partial charge in [0.2, 0.25) is 0 Å². The molecule has 0 atom stereocenters. The molecule has 6 nitrogen and oxygen atoms in total. The van der Waals surface area contributed by atoms with Crippen molar-refractivity contribution in [2.24, 2.45) is 0 Å². The van der Waals surface area contributed by atoms with Gasteiger partial charge in [-0.25, -0.2) is 14.2 Å². The van der Waals surface area contributed by atoms with Crippen LogP contribution in [0.5, 0.6) is 0 Å². The van der Waals surface area contributed by atoms with Crippen LogP contribution in [-0.2, 0) is 4.74 Å². The third kappa shape index (κ3) is 5.09. The number of likely N-dealkylation sites (N-methyl/N-ethyl adjacent to an activating group) is 1. The fourth-order valence-corrected chi connectivity index (χ4v) is 3.63. The summed E-state index contributed by atoms with van der Waals surface area (Å²) in [7, 11) is 5.12. The summed E-state index contributed by atoms with van der Waals surface area (Å²) in [5, 5.41) is 0.434. The Labute approximate surface area is 178 Å². The Kier molecular flexibility index (Phi) is 7.66. The lowest BCUT2D eigenvalue weighted by Crippen LogP contribution is -2.36. The Morgan fingerprint density at radius 3 is 2.31 bits per heavy atom. The van der Waals surface area contributed by atoms with Gasteiger partial charge in [0.05, 0.1) is 17.4 Å². The van der Waals surface area contributed by atoms with Crippen molar-refractivity contribution in [2.75, 3.05) is 39.2 Å². The lowest BCUT2D eigenvalue weighted by Gasteiger charge is -2.22. The standard InChI is InChI=1S/C20H20FN3O3S.ClH/c1-23(2)11-12-24(20-22-17-15(21)5-4-6-16(17)28-20)18(25)13-7-9-14(10-8-13)19(26)27-3;/h4-10H,11-12H2,1-3H3;1H. The highest BCUT2D eigenvalue weighted by molar-refractivity contribution is 7.22. The number of nitrogens with zero attached hydrogens (tertiary/aromatic N) is 3. The predicted octanol–water partition coefficient (Wildman–Crippen LogP) is 3.85. The molecule has 9 heteroatoms. The smallest absolute Gasteiger partial charge is 0.337 e. The third-order valence-electron chi connectivity index (χ3n) is 4.16. The van der Waals surface area contributed by atoms with Crippen LogP contribution < -0.4 is 4.90 Å². The number of anilines is 1. The fourth-order valence-electron chi connectivity index (χ4n) is 2.63. The van der Waals surface area contributed by atoms with Gasteiger partial charge < -0.3 is 9.64 Å². The molecule has 0 N–H and O–H groups in total. The van der Waals surface area contributed by atoms with E-state index in [1.165, 1.54) is 29.4 Å². The first-order valence-corrected chi connectivity index (χ1v) is 9.42. The normalized spacial score (nSPS) is 10.7. The highest BCUT2D eigenvalue weighted by Crippen LogP contribution is 2.31. The number of hydrogen-bond acceptors (Lipinski definition) is 6. The number of benzene rings is 2. The van der Waals surface area contributed by atoms with E-state index in [4.69, 9.17) is 0 Å². The SMILES string of the molecule is COC(=O)c1ccc(C(=O)N(CCN(C)C)c2nc3c(F)cccc3s2)cc1.Cl. The molecule has 0 spiro atoms. The maximum atomic E-state index is 14.0. The van der Waals surface area contributed by atoms with Gasteiger partial charge in [0.1, 0.15) is 11.3 Å². The lowest BCUT2D eigenvalue weighted by molar-refractivity contribution is 0.0600. The van der Waals surface area contributed by atoms with E-state index in [0.29, 0.717) is 34.0 Å². The number of esters is 1. The van der Waals surface area contributed by atoms with E-state index in [1.54, 1.807) is 36.4 Å². The van der Waals surface area contributed by atoms with Crippen LogP contribution in [0.4, 0.5) is 9.52 Å². The summed E-state index contributed by atoms with van der Waals surface area (Å²) in [6, 6.07) is 11.0. The van der Waals surface area contributed by atoms with Crippen molar-refractivity contribution in [3.63, 3.8) is 0 Å². The summed E-state index contributed by atoms with van der Waals surface area (Å²) in [5.74, 6) is -1.15. The number of ether oxygens (including phenoxy) is 1. The maximum absolute atomic E-state index is 14.0. The van der Waals surface area contributed by atoms with Gasteiger partial charge in [-0.2, -0.15) is 0 Å². The summed E-state index contributed by atoms with van der Waals surface area (Å²) in [6.45, 7) is 1.01. The Hall–Kier alpha value is -2.55. The first-order chi connectivity index (χ1) is 13.4. The average Bonchev–Trinajstić information content (AvgIpc) is 3.12. The van der Waals surface area contributed by atoms with E-state index in [-0.39, 0.29) is 23.8 Å². The highest BCUT2D eigenvalue weighted by atomic mass is 35.5. The quantitative estimate of drug-likeness (QED) is 0.548. The van der Waals surface area contributed by atoms with Crippen LogP contribution in [0.1, 0.15) is 20.7 Å². The molecule has 0 fully saturated rings. The molecule has 1 aromatic heterocycles. The molecule has 0 aliphatic heterocycles. The Morgan fingerprint density at radius 1 is 1.07 bits per heavy atom. The van der Waals surface area contributed by atoms with Gasteiger partial charge in [0, 0.05) is 18.7 Å². The van der Waals surface area contributed by atoms with E-state index in [9.17, 15) is 14.0 Å². The van der Waals surface area contributed by atoms with Crippen molar-refractivity contribution in [3.8, 4) is 0 Å². The zero-order chi connectivity index (χ0) is 20.3. The molecule has 1 amide bonds. The van der Waals surface area contributed by atoms with Gasteiger partial charge >= 0.3 is 5.97 Å². The Balaban J connectivity index is 0.00000300. The fraction of sp³-hybridized carbons (Fsp3) is 0.250. The second-order valence-electron chi connectivity index (χ2n) is 6.41. The number of methoxy groups -OCH3 is 1. The van der Waals surface area contributed by atoms with Crippen LogP contribution in [0, 0.1) is 5.82 Å². The minimum Gasteiger partial charge on any atom is -0.465 e. The molecule has 0 aliphatic carbocycles. The van der Waals surface area contributed by atoms with Gasteiger partial charge in [-0.15, -0.1) is 12.4 Å². The van der Waals surface area contributed by atoms with Crippen molar-refractivity contribution in [1.82, 2.24) is 9.88 Å². The Bertz CT molecular complexity index is 1010. The number of para-hydroxylation sites is 1. The van der Waals surface area contributed by atoms with Crippen molar-refractivity contribution < 1.29 is 18.7 Å². The van der Waals surface area contributed by atoms with Gasteiger partial charge in [0.25, 0.3) is 5.91 Å². The second-order valence-corrected chi connectivity index (χ2v) is 7.42. The van der Waals surface area contributed by atoms with Gasteiger partial charge in [-0.3, -0.25) is 9.69 Å². The third-order valence-corrected chi connectivity index (χ3v) is 5.20. The predicted molar refractivity (Wildman–Crippen MR) is 115 cm³/mol. The van der Waals surface area contributed by atoms with E-state index in [2.05, 4.69) is 9.72 Å². The van der Waals surface area contributed by atoms with E-state index in [1.807, 2.05) is 19.0 Å². The number of carbonyl (C=O) groups is 2. The van der Waals surface area contributed by atoms with E-state index < -0.39 is 11.8 Å². The number of rotatable bonds is 6. The summed E-state index contributed by atoms with van der Waals surface area (Å²) < 4.78 is 19.4. The van der Waals surface area contributed by atoms with E-state index in [0.717, 1.165) is 0 Å². The molecule has 0 aliphatic rings. The van der Waals surface area contributed by atoms with Crippen molar-refractivity contribution in [2.45, 2.75) is 0 Å². The molecule has 0 bridgehead atoms. The topological polar surface area (TPSA) is 62.7 Å². The van der Waals surface area contributed by atoms with Crippen molar-refractivity contribution in [3.05, 3.63) is 59.4 Å². The molecule has 2 aromatic carbocycles. The van der Waals surface area contributed by atoms with Crippen molar-refractivity contribution >= 4 is 51.0 Å². The molecular weight excluding hydrogens is 417 g/mol.